The summed E-state index contributed by atoms with van der Waals surface area (Å²) in [7, 11) is -1.99. The molecule has 0 radical (unpaired) electrons. The number of fused-ring (bicyclic) bond motifs is 1. The number of hydrogen-bond donors (Lipinski definition) is 2. The highest BCUT2D eigenvalue weighted by molar-refractivity contribution is 6.90. The summed E-state index contributed by atoms with van der Waals surface area (Å²) in [5.74, 6) is 2.54. The van der Waals surface area contributed by atoms with Gasteiger partial charge in [0.05, 0.1) is 5.69 Å². The topological polar surface area (TPSA) is 58.6 Å². The maximum atomic E-state index is 15.3. The molecule has 0 atom stereocenters. The number of phenolic OH excluding ortho intramolecular Hbond substituents is 1. The number of aromatic hydroxyl groups is 1. The average Bonchev–Trinajstić information content (AvgIpc) is 2.63. The molecule has 1 amide bonds. The van der Waals surface area contributed by atoms with Gasteiger partial charge in [-0.2, -0.15) is 0 Å². The Labute approximate surface area is 192 Å². The Morgan fingerprint density at radius 2 is 1.66 bits per heavy atom. The first-order chi connectivity index (χ1) is 14.7. The predicted molar refractivity (Wildman–Crippen MR) is 133 cm³/mol. The van der Waals surface area contributed by atoms with Crippen molar-refractivity contribution in [3.8, 4) is 17.2 Å². The van der Waals surface area contributed by atoms with Crippen LogP contribution in [0.25, 0.3) is 10.8 Å². The van der Waals surface area contributed by atoms with Gasteiger partial charge >= 0.3 is 6.09 Å². The lowest BCUT2D eigenvalue weighted by atomic mass is 10.0. The molecule has 0 saturated carbocycles. The van der Waals surface area contributed by atoms with Crippen LogP contribution in [0.5, 0.6) is 5.75 Å². The number of anilines is 1. The zero-order valence-electron chi connectivity index (χ0n) is 20.7. The van der Waals surface area contributed by atoms with E-state index in [0.29, 0.717) is 27.6 Å². The lowest BCUT2D eigenvalue weighted by Crippen LogP contribution is -2.43. The van der Waals surface area contributed by atoms with Crippen molar-refractivity contribution in [2.45, 2.75) is 84.5 Å². The second-order valence-corrected chi connectivity index (χ2v) is 15.8. The van der Waals surface area contributed by atoms with E-state index in [1.54, 1.807) is 39.0 Å². The fourth-order valence-corrected chi connectivity index (χ4v) is 9.86. The van der Waals surface area contributed by atoms with E-state index in [1.807, 2.05) is 0 Å². The SMILES string of the molecule is CC(C)[Si](C#Cc1cccc2c(F)c(NC(=O)OC(C)(C)C)cc(O)c12)(C(C)C)C(C)C. The van der Waals surface area contributed by atoms with Crippen molar-refractivity contribution in [3.05, 3.63) is 35.6 Å². The van der Waals surface area contributed by atoms with Crippen LogP contribution in [-0.2, 0) is 4.74 Å². The Hall–Kier alpha value is -2.52. The molecule has 2 N–H and O–H groups in total. The minimum Gasteiger partial charge on any atom is -0.507 e. The summed E-state index contributed by atoms with van der Waals surface area (Å²) in [6.45, 7) is 18.6. The van der Waals surface area contributed by atoms with E-state index in [1.165, 1.54) is 6.07 Å². The van der Waals surface area contributed by atoms with Crippen LogP contribution >= 0.6 is 0 Å². The number of hydrogen-bond acceptors (Lipinski definition) is 3. The number of phenols is 1. The van der Waals surface area contributed by atoms with E-state index in [-0.39, 0.29) is 16.8 Å². The van der Waals surface area contributed by atoms with Crippen LogP contribution in [-0.4, -0.2) is 24.9 Å². The highest BCUT2D eigenvalue weighted by Crippen LogP contribution is 2.41. The predicted octanol–water partition coefficient (Wildman–Crippen LogP) is 7.60. The summed E-state index contributed by atoms with van der Waals surface area (Å²) < 4.78 is 20.5. The summed E-state index contributed by atoms with van der Waals surface area (Å²) in [4.78, 5) is 12.1. The van der Waals surface area contributed by atoms with Gasteiger partial charge in [-0.05, 0) is 43.5 Å². The molecule has 0 unspecified atom stereocenters. The largest absolute Gasteiger partial charge is 0.507 e. The molecule has 174 valence electrons. The molecule has 0 heterocycles. The third-order valence-corrected chi connectivity index (χ3v) is 12.3. The minimum atomic E-state index is -1.99. The van der Waals surface area contributed by atoms with Crippen LogP contribution in [0.15, 0.2) is 24.3 Å². The number of carbonyl (C=O) groups is 1. The van der Waals surface area contributed by atoms with Crippen LogP contribution in [0.1, 0.15) is 67.9 Å². The van der Waals surface area contributed by atoms with Gasteiger partial charge in [-0.1, -0.05) is 59.6 Å². The fourth-order valence-electron chi connectivity index (χ4n) is 4.65. The fraction of sp³-hybridized carbons (Fsp3) is 0.500. The Bertz CT molecular complexity index is 1040. The third-order valence-electron chi connectivity index (χ3n) is 5.99. The van der Waals surface area contributed by atoms with Crippen LogP contribution < -0.4 is 5.32 Å². The first kappa shape index (κ1) is 25.7. The molecule has 2 rings (SSSR count). The molecule has 0 saturated heterocycles. The van der Waals surface area contributed by atoms with E-state index in [9.17, 15) is 9.90 Å². The lowest BCUT2D eigenvalue weighted by Gasteiger charge is -2.38. The summed E-state index contributed by atoms with van der Waals surface area (Å²) in [6, 6.07) is 6.31. The Morgan fingerprint density at radius 3 is 2.16 bits per heavy atom. The van der Waals surface area contributed by atoms with Gasteiger partial charge in [0.1, 0.15) is 19.4 Å². The van der Waals surface area contributed by atoms with Crippen LogP contribution in [0.3, 0.4) is 0 Å². The number of amides is 1. The Morgan fingerprint density at radius 1 is 1.09 bits per heavy atom. The quantitative estimate of drug-likeness (QED) is 0.367. The number of nitrogens with one attached hydrogen (secondary N) is 1. The summed E-state index contributed by atoms with van der Waals surface area (Å²) in [5.41, 5.74) is 4.73. The van der Waals surface area contributed by atoms with E-state index >= 15 is 4.39 Å². The lowest BCUT2D eigenvalue weighted by molar-refractivity contribution is 0.0635. The maximum Gasteiger partial charge on any atom is 0.412 e. The molecular weight excluding hydrogens is 421 g/mol. The van der Waals surface area contributed by atoms with Crippen molar-refractivity contribution < 1.29 is 19.0 Å². The second kappa shape index (κ2) is 9.54. The van der Waals surface area contributed by atoms with Crippen molar-refractivity contribution >= 4 is 30.6 Å². The molecule has 0 aliphatic rings. The second-order valence-electron chi connectivity index (χ2n) is 10.3. The number of ether oxygens (including phenoxy) is 1. The van der Waals surface area contributed by atoms with Gasteiger partial charge in [0.25, 0.3) is 0 Å². The Balaban J connectivity index is 2.61. The molecule has 0 spiro atoms. The van der Waals surface area contributed by atoms with E-state index in [2.05, 4.69) is 58.3 Å². The first-order valence-electron chi connectivity index (χ1n) is 11.2. The molecule has 2 aromatic rings. The zero-order chi connectivity index (χ0) is 24.4. The summed E-state index contributed by atoms with van der Waals surface area (Å²) in [5, 5.41) is 13.7. The van der Waals surface area contributed by atoms with Crippen LogP contribution in [0.4, 0.5) is 14.9 Å². The van der Waals surface area contributed by atoms with Crippen LogP contribution in [0, 0.1) is 17.3 Å². The summed E-state index contributed by atoms with van der Waals surface area (Å²) >= 11 is 0. The zero-order valence-corrected chi connectivity index (χ0v) is 21.7. The minimum absolute atomic E-state index is 0.135. The molecule has 2 aromatic carbocycles. The van der Waals surface area contributed by atoms with E-state index in [0.717, 1.165) is 0 Å². The van der Waals surface area contributed by atoms with Gasteiger partial charge in [-0.3, -0.25) is 5.32 Å². The van der Waals surface area contributed by atoms with Gasteiger partial charge in [0.15, 0.2) is 5.82 Å². The number of halogens is 1. The molecule has 0 aromatic heterocycles. The van der Waals surface area contributed by atoms with Crippen molar-refractivity contribution in [3.63, 3.8) is 0 Å². The number of rotatable bonds is 4. The van der Waals surface area contributed by atoms with Gasteiger partial charge in [-0.15, -0.1) is 5.54 Å². The van der Waals surface area contributed by atoms with Gasteiger partial charge in [0.2, 0.25) is 0 Å². The van der Waals surface area contributed by atoms with Crippen molar-refractivity contribution in [2.24, 2.45) is 0 Å². The highest BCUT2D eigenvalue weighted by Gasteiger charge is 2.41. The molecular formula is C26H36FNO3Si. The molecule has 32 heavy (non-hydrogen) atoms. The van der Waals surface area contributed by atoms with E-state index in [4.69, 9.17) is 4.74 Å². The normalized spacial score (nSPS) is 12.3. The smallest absolute Gasteiger partial charge is 0.412 e. The molecule has 6 heteroatoms. The van der Waals surface area contributed by atoms with Crippen LogP contribution in [0.2, 0.25) is 16.6 Å². The van der Waals surface area contributed by atoms with Crippen molar-refractivity contribution in [2.75, 3.05) is 5.32 Å². The maximum absolute atomic E-state index is 15.3. The van der Waals surface area contributed by atoms with Crippen molar-refractivity contribution in [1.29, 1.82) is 0 Å². The standard InChI is InChI=1S/C26H36FNO3Si/c1-16(2)32(17(3)4,18(5)6)14-13-19-11-10-12-20-23(19)22(29)15-21(24(20)27)28-25(30)31-26(7,8)9/h10-12,15-18,29H,1-9H3,(H,28,30). The molecule has 0 fully saturated rings. The Kier molecular flexibility index (Phi) is 7.67. The monoisotopic (exact) mass is 457 g/mol. The molecule has 4 nitrogen and oxygen atoms in total. The van der Waals surface area contributed by atoms with Gasteiger partial charge < -0.3 is 9.84 Å². The van der Waals surface area contributed by atoms with Gasteiger partial charge in [-0.25, -0.2) is 9.18 Å². The van der Waals surface area contributed by atoms with Crippen molar-refractivity contribution in [1.82, 2.24) is 0 Å². The summed E-state index contributed by atoms with van der Waals surface area (Å²) in [6.07, 6.45) is -0.785. The third kappa shape index (κ3) is 5.27. The molecule has 0 bridgehead atoms. The van der Waals surface area contributed by atoms with Gasteiger partial charge in [0, 0.05) is 22.4 Å². The highest BCUT2D eigenvalue weighted by atomic mass is 28.3. The van der Waals surface area contributed by atoms with E-state index < -0.39 is 25.6 Å². The number of benzene rings is 2. The first-order valence-corrected chi connectivity index (χ1v) is 13.4. The molecule has 0 aliphatic heterocycles. The molecule has 0 aliphatic carbocycles. The number of carbonyl (C=O) groups excluding carboxylic acids is 1. The average molecular weight is 458 g/mol.